The number of nitrogens with one attached hydrogen (secondary N) is 5. The van der Waals surface area contributed by atoms with Gasteiger partial charge >= 0.3 is 12.1 Å². The van der Waals surface area contributed by atoms with Gasteiger partial charge in [0.1, 0.15) is 5.69 Å². The molecule has 0 bridgehead atoms. The number of nitrogens with zero attached hydrogens (tertiary/aromatic N) is 1. The summed E-state index contributed by atoms with van der Waals surface area (Å²) in [5.74, 6) is 0. The van der Waals surface area contributed by atoms with Gasteiger partial charge in [0.25, 0.3) is 5.69 Å². The second kappa shape index (κ2) is 10.0. The zero-order valence-corrected chi connectivity index (χ0v) is 16.9. The van der Waals surface area contributed by atoms with Crippen molar-refractivity contribution in [2.24, 2.45) is 0 Å². The van der Waals surface area contributed by atoms with Gasteiger partial charge in [-0.1, -0.05) is 18.2 Å². The third kappa shape index (κ3) is 6.26. The van der Waals surface area contributed by atoms with E-state index in [0.717, 1.165) is 0 Å². The Balaban J connectivity index is 1.59. The molecule has 0 spiro atoms. The topological polar surface area (TPSA) is 153 Å². The number of carbonyl (C=O) groups excluding carboxylic acids is 2. The molecule has 5 N–H and O–H groups in total. The van der Waals surface area contributed by atoms with Gasteiger partial charge in [0, 0.05) is 40.9 Å². The number of quaternary nitrogens is 1. The Morgan fingerprint density at radius 1 is 0.750 bits per heavy atom. The van der Waals surface area contributed by atoms with Crippen LogP contribution in [0.1, 0.15) is 0 Å². The number of carbonyl (C=O) groups is 2. The number of non-ortho nitro benzene ring substituents is 1. The van der Waals surface area contributed by atoms with Crippen molar-refractivity contribution < 1.29 is 19.6 Å². The molecule has 1 atom stereocenters. The number of urea groups is 2. The zero-order chi connectivity index (χ0) is 23.1. The van der Waals surface area contributed by atoms with Crippen molar-refractivity contribution >= 4 is 46.2 Å². The Labute approximate surface area is 182 Å². The second-order valence-corrected chi connectivity index (χ2v) is 6.68. The van der Waals surface area contributed by atoms with Crippen LogP contribution >= 0.6 is 0 Å². The van der Waals surface area contributed by atoms with Crippen LogP contribution in [0, 0.1) is 15.3 Å². The molecule has 0 aromatic heterocycles. The van der Waals surface area contributed by atoms with E-state index in [4.69, 9.17) is 0 Å². The van der Waals surface area contributed by atoms with Gasteiger partial charge in [-0.25, -0.2) is 9.59 Å². The fraction of sp³-hybridized carbons (Fsp3) is 0.0476. The molecule has 164 valence electrons. The summed E-state index contributed by atoms with van der Waals surface area (Å²) in [7, 11) is 1.44. The first kappa shape index (κ1) is 22.2. The molecule has 0 radical (unpaired) electrons. The van der Waals surface area contributed by atoms with Gasteiger partial charge < -0.3 is 31.5 Å². The van der Waals surface area contributed by atoms with Gasteiger partial charge in [-0.3, -0.25) is 10.1 Å². The fourth-order valence-corrected chi connectivity index (χ4v) is 2.77. The Hall–Kier alpha value is -4.48. The van der Waals surface area contributed by atoms with Crippen molar-refractivity contribution in [2.75, 3.05) is 28.3 Å². The molecule has 11 heteroatoms. The molecular weight excluding hydrogens is 416 g/mol. The fourth-order valence-electron chi connectivity index (χ4n) is 2.77. The van der Waals surface area contributed by atoms with E-state index in [0.29, 0.717) is 22.7 Å². The number of hydrogen-bond donors (Lipinski definition) is 5. The average Bonchev–Trinajstić information content (AvgIpc) is 2.74. The highest BCUT2D eigenvalue weighted by atomic mass is 16.6. The first-order valence-corrected chi connectivity index (χ1v) is 9.42. The van der Waals surface area contributed by atoms with E-state index in [9.17, 15) is 24.9 Å². The molecular formula is C21H20N6O5. The van der Waals surface area contributed by atoms with Crippen molar-refractivity contribution in [3.63, 3.8) is 0 Å². The van der Waals surface area contributed by atoms with Gasteiger partial charge in [-0.15, -0.1) is 0 Å². The maximum absolute atomic E-state index is 12.3. The lowest BCUT2D eigenvalue weighted by Crippen LogP contribution is -2.98. The molecule has 0 aliphatic rings. The average molecular weight is 436 g/mol. The van der Waals surface area contributed by atoms with Crippen molar-refractivity contribution in [1.82, 2.24) is 0 Å². The Bertz CT molecular complexity index is 1150. The Morgan fingerprint density at radius 2 is 1.19 bits per heavy atom. The van der Waals surface area contributed by atoms with Crippen LogP contribution in [0.2, 0.25) is 0 Å². The molecule has 3 aromatic rings. The van der Waals surface area contributed by atoms with Crippen LogP contribution in [0.15, 0.2) is 72.8 Å². The summed E-state index contributed by atoms with van der Waals surface area (Å²) in [6.07, 6.45) is 0. The quantitative estimate of drug-likeness (QED) is 0.296. The van der Waals surface area contributed by atoms with Crippen LogP contribution in [-0.4, -0.2) is 24.0 Å². The van der Waals surface area contributed by atoms with E-state index in [1.54, 1.807) is 48.5 Å². The molecule has 0 saturated heterocycles. The zero-order valence-electron chi connectivity index (χ0n) is 16.9. The first-order valence-electron chi connectivity index (χ1n) is 9.42. The van der Waals surface area contributed by atoms with Gasteiger partial charge in [0.2, 0.25) is 0 Å². The highest BCUT2D eigenvalue weighted by molar-refractivity contribution is 6.02. The van der Waals surface area contributed by atoms with E-state index in [1.165, 1.54) is 31.3 Å². The summed E-state index contributed by atoms with van der Waals surface area (Å²) in [6, 6.07) is 17.4. The SMILES string of the molecule is C[NH+]([O-])c1cccc(NC(=O)Nc2cccc(NC(=O)Nc3cccc([N+](=O)[O-])c3)c2)c1. The van der Waals surface area contributed by atoms with Crippen molar-refractivity contribution in [3.8, 4) is 0 Å². The molecule has 32 heavy (non-hydrogen) atoms. The number of anilines is 4. The molecule has 0 aliphatic heterocycles. The smallest absolute Gasteiger partial charge is 0.323 e. The Morgan fingerprint density at radius 3 is 1.69 bits per heavy atom. The minimum absolute atomic E-state index is 0.115. The van der Waals surface area contributed by atoms with Gasteiger partial charge in [0.05, 0.1) is 12.0 Å². The number of hydroxylamine groups is 1. The normalized spacial score (nSPS) is 11.2. The van der Waals surface area contributed by atoms with Crippen LogP contribution < -0.4 is 26.3 Å². The van der Waals surface area contributed by atoms with E-state index >= 15 is 0 Å². The summed E-state index contributed by atoms with van der Waals surface area (Å²) in [6.45, 7) is 0. The van der Waals surface area contributed by atoms with Crippen LogP contribution in [-0.2, 0) is 0 Å². The van der Waals surface area contributed by atoms with E-state index in [-0.39, 0.29) is 16.4 Å². The highest BCUT2D eigenvalue weighted by Gasteiger charge is 2.09. The van der Waals surface area contributed by atoms with E-state index in [1.807, 2.05) is 0 Å². The van der Waals surface area contributed by atoms with Crippen LogP contribution in [0.3, 0.4) is 0 Å². The monoisotopic (exact) mass is 436 g/mol. The summed E-state index contributed by atoms with van der Waals surface area (Å²) in [5.41, 5.74) is 1.86. The van der Waals surface area contributed by atoms with E-state index in [2.05, 4.69) is 21.3 Å². The maximum atomic E-state index is 12.3. The van der Waals surface area contributed by atoms with E-state index < -0.39 is 17.0 Å². The molecule has 4 amide bonds. The lowest BCUT2D eigenvalue weighted by atomic mass is 10.2. The molecule has 0 fully saturated rings. The lowest BCUT2D eigenvalue weighted by molar-refractivity contribution is -0.751. The number of hydrogen-bond acceptors (Lipinski definition) is 5. The third-order valence-electron chi connectivity index (χ3n) is 4.22. The predicted molar refractivity (Wildman–Crippen MR) is 121 cm³/mol. The molecule has 1 unspecified atom stereocenters. The number of nitro benzene ring substituents is 1. The summed E-state index contributed by atoms with van der Waals surface area (Å²) < 4.78 is 0. The highest BCUT2D eigenvalue weighted by Crippen LogP contribution is 2.19. The minimum Gasteiger partial charge on any atom is -0.629 e. The maximum Gasteiger partial charge on any atom is 0.323 e. The summed E-state index contributed by atoms with van der Waals surface area (Å²) >= 11 is 0. The Kier molecular flexibility index (Phi) is 6.95. The van der Waals surface area contributed by atoms with Crippen LogP contribution in [0.25, 0.3) is 0 Å². The molecule has 0 heterocycles. The number of amides is 4. The number of benzene rings is 3. The van der Waals surface area contributed by atoms with Crippen LogP contribution in [0.4, 0.5) is 43.7 Å². The summed E-state index contributed by atoms with van der Waals surface area (Å²) in [4.78, 5) is 34.8. The number of nitro groups is 1. The third-order valence-corrected chi connectivity index (χ3v) is 4.22. The van der Waals surface area contributed by atoms with Gasteiger partial charge in [-0.2, -0.15) is 0 Å². The minimum atomic E-state index is -0.604. The molecule has 3 aromatic carbocycles. The van der Waals surface area contributed by atoms with Crippen molar-refractivity contribution in [1.29, 1.82) is 0 Å². The second-order valence-electron chi connectivity index (χ2n) is 6.68. The largest absolute Gasteiger partial charge is 0.629 e. The first-order chi connectivity index (χ1) is 15.3. The standard InChI is InChI=1S/C21H20N6O5/c1-26(30)18-9-3-7-16(12-18)24-20(28)22-14-5-2-6-15(11-14)23-21(29)25-17-8-4-10-19(13-17)27(31)32/h2-13,26H,1H3,(H2,22,24,28)(H2,23,25,29). The predicted octanol–water partition coefficient (Wildman–Crippen LogP) is 3.53. The van der Waals surface area contributed by atoms with Gasteiger partial charge in [0.15, 0.2) is 0 Å². The summed E-state index contributed by atoms with van der Waals surface area (Å²) in [5, 5.41) is 32.6. The van der Waals surface area contributed by atoms with Crippen LogP contribution in [0.5, 0.6) is 0 Å². The lowest BCUT2D eigenvalue weighted by Gasteiger charge is -2.16. The van der Waals surface area contributed by atoms with Crippen molar-refractivity contribution in [3.05, 3.63) is 88.1 Å². The molecule has 11 nitrogen and oxygen atoms in total. The number of rotatable bonds is 6. The van der Waals surface area contributed by atoms with Gasteiger partial charge in [-0.05, 0) is 36.4 Å². The molecule has 3 rings (SSSR count). The molecule has 0 aliphatic carbocycles. The molecule has 0 saturated carbocycles. The van der Waals surface area contributed by atoms with Crippen molar-refractivity contribution in [2.45, 2.75) is 0 Å².